The van der Waals surface area contributed by atoms with Crippen molar-refractivity contribution in [1.82, 2.24) is 9.97 Å². The lowest BCUT2D eigenvalue weighted by Crippen LogP contribution is -2.14. The Labute approximate surface area is 138 Å². The first kappa shape index (κ1) is 17.2. The molecule has 1 heterocycles. The number of nitrogens with one attached hydrogen (secondary N) is 2. The molecule has 2 N–H and O–H groups in total. The number of methoxy groups -OCH3 is 1. The van der Waals surface area contributed by atoms with Gasteiger partial charge in [0, 0.05) is 32.1 Å². The minimum atomic E-state index is 0.0552. The predicted molar refractivity (Wildman–Crippen MR) is 95.4 cm³/mol. The Morgan fingerprint density at radius 3 is 2.65 bits per heavy atom. The van der Waals surface area contributed by atoms with Gasteiger partial charge in [-0.3, -0.25) is 0 Å². The summed E-state index contributed by atoms with van der Waals surface area (Å²) in [6, 6.07) is 10.1. The van der Waals surface area contributed by atoms with Crippen LogP contribution >= 0.6 is 0 Å². The molecule has 1 aromatic heterocycles. The number of aromatic nitrogens is 2. The summed E-state index contributed by atoms with van der Waals surface area (Å²) in [5, 5.41) is 6.61. The summed E-state index contributed by atoms with van der Waals surface area (Å²) >= 11 is 0. The van der Waals surface area contributed by atoms with E-state index in [4.69, 9.17) is 4.74 Å². The van der Waals surface area contributed by atoms with Crippen LogP contribution in [0.2, 0.25) is 0 Å². The van der Waals surface area contributed by atoms with Gasteiger partial charge in [-0.05, 0) is 29.5 Å². The van der Waals surface area contributed by atoms with Gasteiger partial charge >= 0.3 is 0 Å². The molecule has 124 valence electrons. The zero-order valence-electron chi connectivity index (χ0n) is 14.4. The van der Waals surface area contributed by atoms with E-state index in [2.05, 4.69) is 59.6 Å². The zero-order chi connectivity index (χ0) is 16.7. The molecule has 0 spiro atoms. The largest absolute Gasteiger partial charge is 0.385 e. The number of anilines is 3. The molecule has 0 unspecified atom stereocenters. The van der Waals surface area contributed by atoms with Gasteiger partial charge in [0.2, 0.25) is 5.95 Å². The minimum absolute atomic E-state index is 0.0552. The third-order valence-electron chi connectivity index (χ3n) is 3.47. The summed E-state index contributed by atoms with van der Waals surface area (Å²) in [4.78, 5) is 8.83. The Bertz CT molecular complexity index is 622. The molecule has 0 bridgehead atoms. The van der Waals surface area contributed by atoms with Crippen LogP contribution < -0.4 is 10.6 Å². The second-order valence-electron chi connectivity index (χ2n) is 6.46. The molecule has 0 aliphatic rings. The second kappa shape index (κ2) is 7.92. The number of rotatable bonds is 7. The van der Waals surface area contributed by atoms with E-state index < -0.39 is 0 Å². The van der Waals surface area contributed by atoms with Gasteiger partial charge in [0.1, 0.15) is 5.82 Å². The van der Waals surface area contributed by atoms with Crippen LogP contribution in [0.5, 0.6) is 0 Å². The Balaban J connectivity index is 2.09. The van der Waals surface area contributed by atoms with Crippen molar-refractivity contribution in [3.8, 4) is 0 Å². The quantitative estimate of drug-likeness (QED) is 0.757. The minimum Gasteiger partial charge on any atom is -0.385 e. The van der Waals surface area contributed by atoms with E-state index in [1.807, 2.05) is 12.1 Å². The number of para-hydroxylation sites is 1. The van der Waals surface area contributed by atoms with Crippen LogP contribution in [-0.2, 0) is 10.2 Å². The number of benzene rings is 1. The number of nitrogens with zero attached hydrogens (tertiary/aromatic N) is 2. The van der Waals surface area contributed by atoms with Crippen LogP contribution in [0.25, 0.3) is 0 Å². The van der Waals surface area contributed by atoms with Crippen molar-refractivity contribution >= 4 is 17.5 Å². The summed E-state index contributed by atoms with van der Waals surface area (Å²) in [5.74, 6) is 1.41. The fourth-order valence-corrected chi connectivity index (χ4v) is 2.32. The number of hydrogen-bond donors (Lipinski definition) is 2. The molecule has 0 saturated heterocycles. The lowest BCUT2D eigenvalue weighted by molar-refractivity contribution is 0.198. The molecule has 0 aliphatic carbocycles. The average Bonchev–Trinajstić information content (AvgIpc) is 2.51. The first-order chi connectivity index (χ1) is 11.0. The van der Waals surface area contributed by atoms with Crippen molar-refractivity contribution in [2.45, 2.75) is 32.6 Å². The van der Waals surface area contributed by atoms with Gasteiger partial charge < -0.3 is 15.4 Å². The van der Waals surface area contributed by atoms with Gasteiger partial charge in [0.25, 0.3) is 0 Å². The van der Waals surface area contributed by atoms with E-state index >= 15 is 0 Å². The van der Waals surface area contributed by atoms with Crippen molar-refractivity contribution in [3.63, 3.8) is 0 Å². The van der Waals surface area contributed by atoms with E-state index in [1.54, 1.807) is 13.3 Å². The van der Waals surface area contributed by atoms with E-state index in [0.717, 1.165) is 31.1 Å². The number of ether oxygens (including phenoxy) is 1. The Morgan fingerprint density at radius 2 is 1.91 bits per heavy atom. The molecule has 5 heteroatoms. The molecule has 0 amide bonds. The smallest absolute Gasteiger partial charge is 0.229 e. The molecule has 0 aliphatic heterocycles. The lowest BCUT2D eigenvalue weighted by Gasteiger charge is -2.23. The van der Waals surface area contributed by atoms with E-state index in [-0.39, 0.29) is 5.41 Å². The van der Waals surface area contributed by atoms with Crippen molar-refractivity contribution in [2.24, 2.45) is 0 Å². The molecule has 0 radical (unpaired) electrons. The molecule has 0 fully saturated rings. The SMILES string of the molecule is COCCCNc1ccnc(Nc2ccccc2C(C)(C)C)n1. The van der Waals surface area contributed by atoms with E-state index in [0.29, 0.717) is 5.95 Å². The summed E-state index contributed by atoms with van der Waals surface area (Å²) in [5.41, 5.74) is 2.33. The monoisotopic (exact) mass is 314 g/mol. The molecule has 5 nitrogen and oxygen atoms in total. The Morgan fingerprint density at radius 1 is 1.13 bits per heavy atom. The fourth-order valence-electron chi connectivity index (χ4n) is 2.32. The summed E-state index contributed by atoms with van der Waals surface area (Å²) < 4.78 is 5.04. The van der Waals surface area contributed by atoms with Crippen LogP contribution in [0.1, 0.15) is 32.8 Å². The molecule has 1 aromatic carbocycles. The molecule has 2 rings (SSSR count). The maximum atomic E-state index is 5.04. The Kier molecular flexibility index (Phi) is 5.93. The van der Waals surface area contributed by atoms with Crippen LogP contribution in [0.4, 0.5) is 17.5 Å². The first-order valence-corrected chi connectivity index (χ1v) is 7.93. The summed E-state index contributed by atoms with van der Waals surface area (Å²) in [7, 11) is 1.71. The molecular formula is C18H26N4O. The third kappa shape index (κ3) is 5.21. The molecule has 0 atom stereocenters. The van der Waals surface area contributed by atoms with Gasteiger partial charge in [0.05, 0.1) is 0 Å². The normalized spacial score (nSPS) is 11.3. The second-order valence-corrected chi connectivity index (χ2v) is 6.46. The van der Waals surface area contributed by atoms with Crippen LogP contribution in [0.15, 0.2) is 36.5 Å². The molecule has 23 heavy (non-hydrogen) atoms. The van der Waals surface area contributed by atoms with E-state index in [1.165, 1.54) is 5.56 Å². The number of hydrogen-bond acceptors (Lipinski definition) is 5. The maximum absolute atomic E-state index is 5.04. The average molecular weight is 314 g/mol. The lowest BCUT2D eigenvalue weighted by atomic mass is 9.86. The van der Waals surface area contributed by atoms with Crippen molar-refractivity contribution < 1.29 is 4.74 Å². The third-order valence-corrected chi connectivity index (χ3v) is 3.47. The highest BCUT2D eigenvalue weighted by Gasteiger charge is 2.17. The van der Waals surface area contributed by atoms with Crippen LogP contribution in [0, 0.1) is 0 Å². The van der Waals surface area contributed by atoms with Gasteiger partial charge in [-0.15, -0.1) is 0 Å². The summed E-state index contributed by atoms with van der Waals surface area (Å²) in [6.07, 6.45) is 2.70. The fraction of sp³-hybridized carbons (Fsp3) is 0.444. The standard InChI is InChI=1S/C18H26N4O/c1-18(2,3)14-8-5-6-9-15(14)21-17-20-12-10-16(22-17)19-11-7-13-23-4/h5-6,8-10,12H,7,11,13H2,1-4H3,(H2,19,20,21,22). The van der Waals surface area contributed by atoms with Crippen LogP contribution in [0.3, 0.4) is 0 Å². The van der Waals surface area contributed by atoms with Crippen molar-refractivity contribution in [2.75, 3.05) is 30.9 Å². The van der Waals surface area contributed by atoms with Crippen molar-refractivity contribution in [1.29, 1.82) is 0 Å². The molecule has 2 aromatic rings. The highest BCUT2D eigenvalue weighted by atomic mass is 16.5. The zero-order valence-corrected chi connectivity index (χ0v) is 14.4. The predicted octanol–water partition coefficient (Wildman–Crippen LogP) is 3.97. The first-order valence-electron chi connectivity index (χ1n) is 7.93. The van der Waals surface area contributed by atoms with Gasteiger partial charge in [-0.25, -0.2) is 4.98 Å². The highest BCUT2D eigenvalue weighted by Crippen LogP contribution is 2.30. The molecule has 0 saturated carbocycles. The Hall–Kier alpha value is -2.14. The van der Waals surface area contributed by atoms with Crippen molar-refractivity contribution in [3.05, 3.63) is 42.1 Å². The molecular weight excluding hydrogens is 288 g/mol. The van der Waals surface area contributed by atoms with Gasteiger partial charge in [-0.1, -0.05) is 39.0 Å². The van der Waals surface area contributed by atoms with Gasteiger partial charge in [0.15, 0.2) is 0 Å². The van der Waals surface area contributed by atoms with Gasteiger partial charge in [-0.2, -0.15) is 4.98 Å². The van der Waals surface area contributed by atoms with Crippen LogP contribution in [-0.4, -0.2) is 30.2 Å². The maximum Gasteiger partial charge on any atom is 0.229 e. The highest BCUT2D eigenvalue weighted by molar-refractivity contribution is 5.61. The summed E-state index contributed by atoms with van der Waals surface area (Å²) in [6.45, 7) is 8.15. The van der Waals surface area contributed by atoms with E-state index in [9.17, 15) is 0 Å². The topological polar surface area (TPSA) is 59.1 Å².